The average molecular weight is 313 g/mol. The maximum absolute atomic E-state index is 14.2. The lowest BCUT2D eigenvalue weighted by atomic mass is 9.98. The third-order valence-corrected chi connectivity index (χ3v) is 5.50. The number of hydrogen-bond donors (Lipinski definition) is 2. The third-order valence-electron chi connectivity index (χ3n) is 5.50. The van der Waals surface area contributed by atoms with Crippen LogP contribution in [-0.2, 0) is 19.4 Å². The SMILES string of the molecule is O[C@@H]1Cc2c(C3CC3)cc(F)cc2[C@H]1n1ncc2c1CCNC2. The average Bonchev–Trinajstić information content (AvgIpc) is 3.23. The van der Waals surface area contributed by atoms with Gasteiger partial charge in [0.15, 0.2) is 0 Å². The van der Waals surface area contributed by atoms with Gasteiger partial charge in [-0.2, -0.15) is 5.10 Å². The lowest BCUT2D eigenvalue weighted by Crippen LogP contribution is -2.29. The van der Waals surface area contributed by atoms with Crippen molar-refractivity contribution in [2.45, 2.75) is 50.3 Å². The molecule has 2 aromatic rings. The van der Waals surface area contributed by atoms with Crippen LogP contribution in [0.15, 0.2) is 18.3 Å². The van der Waals surface area contributed by atoms with Gasteiger partial charge in [0.25, 0.3) is 0 Å². The predicted octanol–water partition coefficient (Wildman–Crippen LogP) is 2.05. The van der Waals surface area contributed by atoms with Crippen molar-refractivity contribution >= 4 is 0 Å². The summed E-state index contributed by atoms with van der Waals surface area (Å²) in [4.78, 5) is 0. The van der Waals surface area contributed by atoms with Crippen LogP contribution in [-0.4, -0.2) is 27.5 Å². The smallest absolute Gasteiger partial charge is 0.123 e. The van der Waals surface area contributed by atoms with Crippen molar-refractivity contribution in [1.82, 2.24) is 15.1 Å². The highest BCUT2D eigenvalue weighted by Crippen LogP contribution is 2.47. The number of fused-ring (bicyclic) bond motifs is 2. The Bertz CT molecular complexity index is 781. The number of aliphatic hydroxyl groups is 1. The van der Waals surface area contributed by atoms with Gasteiger partial charge in [-0.1, -0.05) is 0 Å². The maximum Gasteiger partial charge on any atom is 0.123 e. The summed E-state index contributed by atoms with van der Waals surface area (Å²) in [6.07, 6.45) is 5.15. The van der Waals surface area contributed by atoms with Gasteiger partial charge in [0.05, 0.1) is 12.3 Å². The molecular formula is C18H20FN3O. The van der Waals surface area contributed by atoms with Gasteiger partial charge in [-0.15, -0.1) is 0 Å². The number of nitrogens with zero attached hydrogens (tertiary/aromatic N) is 2. The van der Waals surface area contributed by atoms with Gasteiger partial charge in [-0.25, -0.2) is 4.39 Å². The predicted molar refractivity (Wildman–Crippen MR) is 83.9 cm³/mol. The van der Waals surface area contributed by atoms with Crippen LogP contribution in [0.3, 0.4) is 0 Å². The molecule has 1 aromatic carbocycles. The molecule has 0 radical (unpaired) electrons. The fourth-order valence-electron chi connectivity index (χ4n) is 4.28. The van der Waals surface area contributed by atoms with Crippen molar-refractivity contribution in [3.8, 4) is 0 Å². The number of halogens is 1. The Labute approximate surface area is 134 Å². The summed E-state index contributed by atoms with van der Waals surface area (Å²) in [7, 11) is 0. The molecule has 2 atom stereocenters. The molecule has 5 heteroatoms. The Morgan fingerprint density at radius 3 is 2.91 bits per heavy atom. The molecule has 4 nitrogen and oxygen atoms in total. The van der Waals surface area contributed by atoms with E-state index in [0.29, 0.717) is 12.3 Å². The maximum atomic E-state index is 14.2. The van der Waals surface area contributed by atoms with Crippen molar-refractivity contribution in [3.63, 3.8) is 0 Å². The molecule has 5 rings (SSSR count). The van der Waals surface area contributed by atoms with E-state index in [0.717, 1.165) is 49.0 Å². The first-order chi connectivity index (χ1) is 11.2. The summed E-state index contributed by atoms with van der Waals surface area (Å²) >= 11 is 0. The second-order valence-corrected chi connectivity index (χ2v) is 7.04. The van der Waals surface area contributed by atoms with Crippen molar-refractivity contribution in [1.29, 1.82) is 0 Å². The summed E-state index contributed by atoms with van der Waals surface area (Å²) in [5.74, 6) is 0.300. The minimum absolute atomic E-state index is 0.188. The number of aromatic nitrogens is 2. The first kappa shape index (κ1) is 13.7. The van der Waals surface area contributed by atoms with Crippen molar-refractivity contribution in [3.05, 3.63) is 52.1 Å². The van der Waals surface area contributed by atoms with Gasteiger partial charge in [-0.3, -0.25) is 4.68 Å². The zero-order valence-corrected chi connectivity index (χ0v) is 12.9. The minimum Gasteiger partial charge on any atom is -0.390 e. The molecule has 23 heavy (non-hydrogen) atoms. The highest BCUT2D eigenvalue weighted by atomic mass is 19.1. The fourth-order valence-corrected chi connectivity index (χ4v) is 4.28. The molecule has 120 valence electrons. The number of aliphatic hydroxyl groups excluding tert-OH is 1. The van der Waals surface area contributed by atoms with E-state index in [9.17, 15) is 9.50 Å². The van der Waals surface area contributed by atoms with E-state index in [-0.39, 0.29) is 11.9 Å². The molecule has 0 amide bonds. The van der Waals surface area contributed by atoms with Crippen LogP contribution in [0.5, 0.6) is 0 Å². The Balaban J connectivity index is 1.65. The number of rotatable bonds is 2. The highest BCUT2D eigenvalue weighted by Gasteiger charge is 2.39. The summed E-state index contributed by atoms with van der Waals surface area (Å²) in [6, 6.07) is 3.03. The van der Waals surface area contributed by atoms with E-state index in [1.165, 1.54) is 11.3 Å². The normalized spacial score (nSPS) is 26.2. The second-order valence-electron chi connectivity index (χ2n) is 7.04. The van der Waals surface area contributed by atoms with E-state index in [2.05, 4.69) is 10.4 Å². The fraction of sp³-hybridized carbons (Fsp3) is 0.500. The molecule has 2 N–H and O–H groups in total. The van der Waals surface area contributed by atoms with E-state index >= 15 is 0 Å². The molecule has 0 spiro atoms. The molecule has 1 fully saturated rings. The molecule has 3 aliphatic rings. The lowest BCUT2D eigenvalue weighted by Gasteiger charge is -2.22. The topological polar surface area (TPSA) is 50.1 Å². The minimum atomic E-state index is -0.525. The van der Waals surface area contributed by atoms with Gasteiger partial charge in [0.2, 0.25) is 0 Å². The van der Waals surface area contributed by atoms with Crippen molar-refractivity contribution in [2.24, 2.45) is 0 Å². The highest BCUT2D eigenvalue weighted by molar-refractivity contribution is 5.46. The van der Waals surface area contributed by atoms with Crippen LogP contribution < -0.4 is 5.32 Å². The van der Waals surface area contributed by atoms with Gasteiger partial charge in [-0.05, 0) is 47.6 Å². The van der Waals surface area contributed by atoms with Gasteiger partial charge in [0.1, 0.15) is 11.9 Å². The van der Waals surface area contributed by atoms with Crippen molar-refractivity contribution < 1.29 is 9.50 Å². The molecule has 2 heterocycles. The molecule has 1 aromatic heterocycles. The van der Waals surface area contributed by atoms with Gasteiger partial charge in [0, 0.05) is 37.2 Å². The first-order valence-electron chi connectivity index (χ1n) is 8.48. The van der Waals surface area contributed by atoms with Crippen LogP contribution >= 0.6 is 0 Å². The third kappa shape index (κ3) is 2.07. The Morgan fingerprint density at radius 2 is 2.09 bits per heavy atom. The van der Waals surface area contributed by atoms with E-state index in [1.807, 2.05) is 10.9 Å². The van der Waals surface area contributed by atoms with Crippen LogP contribution in [0, 0.1) is 5.82 Å². The quantitative estimate of drug-likeness (QED) is 0.892. The standard InChI is InChI=1S/C18H20FN3O/c19-12-5-13(10-1-2-10)14-7-17(23)18(15(14)6-12)22-16-3-4-20-8-11(16)9-21-22/h5-6,9-10,17-18,20,23H,1-4,7-8H2/t17-,18-/m1/s1. The van der Waals surface area contributed by atoms with Crippen LogP contribution in [0.1, 0.15) is 52.7 Å². The molecule has 0 bridgehead atoms. The van der Waals surface area contributed by atoms with E-state index in [1.54, 1.807) is 12.1 Å². The summed E-state index contributed by atoms with van der Waals surface area (Å²) < 4.78 is 16.1. The van der Waals surface area contributed by atoms with E-state index < -0.39 is 6.10 Å². The zero-order valence-electron chi connectivity index (χ0n) is 12.9. The number of hydrogen-bond acceptors (Lipinski definition) is 3. The van der Waals surface area contributed by atoms with E-state index in [4.69, 9.17) is 0 Å². The lowest BCUT2D eigenvalue weighted by molar-refractivity contribution is 0.137. The Kier molecular flexibility index (Phi) is 2.91. The zero-order chi connectivity index (χ0) is 15.6. The molecule has 0 unspecified atom stereocenters. The first-order valence-corrected chi connectivity index (χ1v) is 8.48. The van der Waals surface area contributed by atoms with Gasteiger partial charge < -0.3 is 10.4 Å². The number of nitrogens with one attached hydrogen (secondary N) is 1. The van der Waals surface area contributed by atoms with Crippen LogP contribution in [0.2, 0.25) is 0 Å². The molecular weight excluding hydrogens is 293 g/mol. The summed E-state index contributed by atoms with van der Waals surface area (Å²) in [5.41, 5.74) is 5.58. The van der Waals surface area contributed by atoms with Crippen molar-refractivity contribution in [2.75, 3.05) is 6.54 Å². The molecule has 2 aliphatic carbocycles. The second kappa shape index (κ2) is 4.89. The number of benzene rings is 1. The summed E-state index contributed by atoms with van der Waals surface area (Å²) in [6.45, 7) is 1.74. The Hall–Kier alpha value is -1.72. The van der Waals surface area contributed by atoms with Crippen LogP contribution in [0.4, 0.5) is 4.39 Å². The van der Waals surface area contributed by atoms with Gasteiger partial charge >= 0.3 is 0 Å². The Morgan fingerprint density at radius 1 is 1.26 bits per heavy atom. The molecule has 1 aliphatic heterocycles. The largest absolute Gasteiger partial charge is 0.390 e. The molecule has 0 saturated heterocycles. The van der Waals surface area contributed by atoms with Crippen LogP contribution in [0.25, 0.3) is 0 Å². The molecule has 1 saturated carbocycles. The summed E-state index contributed by atoms with van der Waals surface area (Å²) in [5, 5.41) is 18.6. The monoisotopic (exact) mass is 313 g/mol.